The van der Waals surface area contributed by atoms with Gasteiger partial charge in [-0.25, -0.2) is 9.67 Å². The number of hydrogen-bond donors (Lipinski definition) is 0. The van der Waals surface area contributed by atoms with Gasteiger partial charge < -0.3 is 4.74 Å². The van der Waals surface area contributed by atoms with Crippen molar-refractivity contribution in [2.45, 2.75) is 46.8 Å². The first-order valence-corrected chi connectivity index (χ1v) is 8.34. The lowest BCUT2D eigenvalue weighted by molar-refractivity contribution is -0.151. The van der Waals surface area contributed by atoms with E-state index in [0.717, 1.165) is 5.56 Å². The summed E-state index contributed by atoms with van der Waals surface area (Å²) in [4.78, 5) is 15.7. The molecule has 0 aliphatic carbocycles. The van der Waals surface area contributed by atoms with E-state index in [-0.39, 0.29) is 23.3 Å². The molecule has 3 atom stereocenters. The second-order valence-electron chi connectivity index (χ2n) is 7.13. The highest BCUT2D eigenvalue weighted by Crippen LogP contribution is 2.43. The molecule has 2 rings (SSSR count). The molecule has 2 aromatic rings. The Morgan fingerprint density at radius 2 is 1.88 bits per heavy atom. The molecule has 0 amide bonds. The molecule has 5 nitrogen and oxygen atoms in total. The molecule has 0 aliphatic rings. The summed E-state index contributed by atoms with van der Waals surface area (Å²) in [6.45, 7) is 9.92. The third-order valence-electron chi connectivity index (χ3n) is 4.08. The maximum atomic E-state index is 11.7. The highest BCUT2D eigenvalue weighted by atomic mass is 35.5. The fourth-order valence-electron chi connectivity index (χ4n) is 3.26. The molecule has 24 heavy (non-hydrogen) atoms. The smallest absolute Gasteiger partial charge is 0.303 e. The highest BCUT2D eigenvalue weighted by Gasteiger charge is 2.38. The normalized spacial score (nSPS) is 15.6. The van der Waals surface area contributed by atoms with Gasteiger partial charge in [-0.3, -0.25) is 4.79 Å². The van der Waals surface area contributed by atoms with E-state index in [2.05, 4.69) is 37.8 Å². The van der Waals surface area contributed by atoms with Gasteiger partial charge in [0.2, 0.25) is 0 Å². The maximum Gasteiger partial charge on any atom is 0.303 e. The van der Waals surface area contributed by atoms with Crippen LogP contribution in [0.25, 0.3) is 0 Å². The van der Waals surface area contributed by atoms with Crippen LogP contribution in [0, 0.1) is 11.3 Å². The molecule has 0 spiro atoms. The molecule has 6 heteroatoms. The third kappa shape index (κ3) is 4.35. The van der Waals surface area contributed by atoms with Crippen molar-refractivity contribution in [3.8, 4) is 0 Å². The Kier molecular flexibility index (Phi) is 5.65. The lowest BCUT2D eigenvalue weighted by Gasteiger charge is -2.38. The van der Waals surface area contributed by atoms with Crippen LogP contribution in [0.5, 0.6) is 0 Å². The van der Waals surface area contributed by atoms with Crippen molar-refractivity contribution in [2.24, 2.45) is 11.3 Å². The molecule has 0 saturated carbocycles. The van der Waals surface area contributed by atoms with Gasteiger partial charge in [0.1, 0.15) is 18.8 Å². The number of halogens is 1. The molecular weight excluding hydrogens is 326 g/mol. The lowest BCUT2D eigenvalue weighted by atomic mass is 9.76. The molecule has 130 valence electrons. The second-order valence-corrected chi connectivity index (χ2v) is 7.56. The van der Waals surface area contributed by atoms with Crippen molar-refractivity contribution < 1.29 is 9.53 Å². The van der Waals surface area contributed by atoms with Gasteiger partial charge in [0.25, 0.3) is 0 Å². The average Bonchev–Trinajstić information content (AvgIpc) is 2.98. The van der Waals surface area contributed by atoms with E-state index in [4.69, 9.17) is 16.3 Å². The monoisotopic (exact) mass is 349 g/mol. The van der Waals surface area contributed by atoms with E-state index < -0.39 is 6.10 Å². The van der Waals surface area contributed by atoms with Gasteiger partial charge in [-0.15, -0.1) is 0 Å². The molecule has 0 aliphatic heterocycles. The van der Waals surface area contributed by atoms with Crippen molar-refractivity contribution in [3.05, 3.63) is 47.5 Å². The molecular formula is C18H24ClN3O2. The van der Waals surface area contributed by atoms with Crippen LogP contribution in [0.1, 0.15) is 52.3 Å². The SMILES string of the molecule is CC(=O)OC(c1ccc(Cl)cc1)C(C)C(n1cncn1)C(C)(C)C. The van der Waals surface area contributed by atoms with Crippen molar-refractivity contribution in [1.82, 2.24) is 14.8 Å². The fourth-order valence-corrected chi connectivity index (χ4v) is 3.39. The minimum atomic E-state index is -0.395. The number of ether oxygens (including phenoxy) is 1. The Bertz CT molecular complexity index is 663. The van der Waals surface area contributed by atoms with Crippen molar-refractivity contribution in [1.29, 1.82) is 0 Å². The number of nitrogens with zero attached hydrogens (tertiary/aromatic N) is 3. The summed E-state index contributed by atoms with van der Waals surface area (Å²) in [5.74, 6) is -0.329. The van der Waals surface area contributed by atoms with Gasteiger partial charge >= 0.3 is 5.97 Å². The molecule has 3 unspecified atom stereocenters. The van der Waals surface area contributed by atoms with Gasteiger partial charge in [-0.2, -0.15) is 5.10 Å². The van der Waals surface area contributed by atoms with Gasteiger partial charge in [0.05, 0.1) is 6.04 Å². The van der Waals surface area contributed by atoms with E-state index in [1.54, 1.807) is 6.33 Å². The number of benzene rings is 1. The summed E-state index contributed by atoms with van der Waals surface area (Å²) < 4.78 is 7.51. The van der Waals surface area contributed by atoms with E-state index in [1.165, 1.54) is 13.3 Å². The Hall–Kier alpha value is -1.88. The van der Waals surface area contributed by atoms with Crippen LogP contribution in [0.2, 0.25) is 5.02 Å². The topological polar surface area (TPSA) is 57.0 Å². The summed E-state index contributed by atoms with van der Waals surface area (Å²) in [5.41, 5.74) is 0.814. The molecule has 1 aromatic carbocycles. The van der Waals surface area contributed by atoms with Crippen molar-refractivity contribution >= 4 is 17.6 Å². The second kappa shape index (κ2) is 7.34. The molecule has 0 fully saturated rings. The summed E-state index contributed by atoms with van der Waals surface area (Å²) >= 11 is 5.99. The number of hydrogen-bond acceptors (Lipinski definition) is 4. The number of esters is 1. The van der Waals surface area contributed by atoms with Crippen molar-refractivity contribution in [3.63, 3.8) is 0 Å². The zero-order valence-corrected chi connectivity index (χ0v) is 15.5. The number of carbonyl (C=O) groups excluding carboxylic acids is 1. The lowest BCUT2D eigenvalue weighted by Crippen LogP contribution is -2.34. The molecule has 0 N–H and O–H groups in total. The summed E-state index contributed by atoms with van der Waals surface area (Å²) in [6, 6.07) is 7.41. The predicted octanol–water partition coefficient (Wildman–Crippen LogP) is 4.46. The van der Waals surface area contributed by atoms with Crippen LogP contribution >= 0.6 is 11.6 Å². The molecule has 0 bridgehead atoms. The van der Waals surface area contributed by atoms with E-state index in [9.17, 15) is 4.79 Å². The van der Waals surface area contributed by atoms with Crippen LogP contribution in [0.4, 0.5) is 0 Å². The Morgan fingerprint density at radius 1 is 1.25 bits per heavy atom. The van der Waals surface area contributed by atoms with Gasteiger partial charge in [0, 0.05) is 17.9 Å². The van der Waals surface area contributed by atoms with Crippen molar-refractivity contribution in [2.75, 3.05) is 0 Å². The Balaban J connectivity index is 2.42. The first kappa shape index (κ1) is 18.5. The van der Waals surface area contributed by atoms with E-state index >= 15 is 0 Å². The van der Waals surface area contributed by atoms with Crippen LogP contribution in [0.3, 0.4) is 0 Å². The quantitative estimate of drug-likeness (QED) is 0.748. The molecule has 0 radical (unpaired) electrons. The van der Waals surface area contributed by atoms with Crippen LogP contribution in [-0.2, 0) is 9.53 Å². The third-order valence-corrected chi connectivity index (χ3v) is 4.33. The number of carbonyl (C=O) groups is 1. The largest absolute Gasteiger partial charge is 0.457 e. The van der Waals surface area contributed by atoms with Crippen LogP contribution in [-0.4, -0.2) is 20.7 Å². The molecule has 0 saturated heterocycles. The zero-order valence-electron chi connectivity index (χ0n) is 14.7. The maximum absolute atomic E-state index is 11.7. The van der Waals surface area contributed by atoms with Gasteiger partial charge in [-0.05, 0) is 23.1 Å². The minimum absolute atomic E-state index is 0.0000260. The standard InChI is InChI=1S/C18H24ClN3O2/c1-12(17(18(3,4)5)22-11-20-10-21-22)16(24-13(2)23)14-6-8-15(19)9-7-14/h6-12,16-17H,1-5H3. The number of aromatic nitrogens is 3. The first-order chi connectivity index (χ1) is 11.2. The van der Waals surface area contributed by atoms with E-state index in [0.29, 0.717) is 5.02 Å². The molecule has 1 aromatic heterocycles. The van der Waals surface area contributed by atoms with E-state index in [1.807, 2.05) is 28.9 Å². The zero-order chi connectivity index (χ0) is 17.9. The molecule has 1 heterocycles. The van der Waals surface area contributed by atoms with Crippen LogP contribution < -0.4 is 0 Å². The summed E-state index contributed by atoms with van der Waals surface area (Å²) in [6.07, 6.45) is 2.83. The Labute approximate surface area is 148 Å². The average molecular weight is 350 g/mol. The summed E-state index contributed by atoms with van der Waals surface area (Å²) in [7, 11) is 0. The highest BCUT2D eigenvalue weighted by molar-refractivity contribution is 6.30. The Morgan fingerprint density at radius 3 is 2.33 bits per heavy atom. The predicted molar refractivity (Wildman–Crippen MR) is 93.6 cm³/mol. The number of rotatable bonds is 5. The first-order valence-electron chi connectivity index (χ1n) is 7.97. The van der Waals surface area contributed by atoms with Gasteiger partial charge in [-0.1, -0.05) is 51.4 Å². The fraction of sp³-hybridized carbons (Fsp3) is 0.500. The minimum Gasteiger partial charge on any atom is -0.457 e. The van der Waals surface area contributed by atoms with Gasteiger partial charge in [0.15, 0.2) is 0 Å². The van der Waals surface area contributed by atoms with Crippen LogP contribution in [0.15, 0.2) is 36.9 Å². The summed E-state index contributed by atoms with van der Waals surface area (Å²) in [5, 5.41) is 4.97.